The molecule has 0 unspecified atom stereocenters. The van der Waals surface area contributed by atoms with Crippen molar-refractivity contribution in [2.45, 2.75) is 33.9 Å². The van der Waals surface area contributed by atoms with Crippen LogP contribution < -0.4 is 15.4 Å². The van der Waals surface area contributed by atoms with Crippen molar-refractivity contribution in [1.82, 2.24) is 20.4 Å². The molecule has 3 aromatic rings. The minimum Gasteiger partial charge on any atom is -0.494 e. The molecule has 1 heterocycles. The van der Waals surface area contributed by atoms with Crippen LogP contribution in [0.25, 0.3) is 5.69 Å². The van der Waals surface area contributed by atoms with E-state index in [2.05, 4.69) is 38.9 Å². The zero-order chi connectivity index (χ0) is 21.5. The highest BCUT2D eigenvalue weighted by Gasteiger charge is 2.09. The van der Waals surface area contributed by atoms with Gasteiger partial charge in [0.25, 0.3) is 0 Å². The van der Waals surface area contributed by atoms with Gasteiger partial charge in [-0.25, -0.2) is 14.1 Å². The molecule has 0 spiro atoms. The molecule has 3 rings (SSSR count). The summed E-state index contributed by atoms with van der Waals surface area (Å²) in [7, 11) is 1.45. The van der Waals surface area contributed by atoms with Crippen molar-refractivity contribution in [2.75, 3.05) is 13.7 Å². The molecule has 0 radical (unpaired) electrons. The van der Waals surface area contributed by atoms with Crippen LogP contribution in [0.5, 0.6) is 5.75 Å². The van der Waals surface area contributed by atoms with E-state index in [0.717, 1.165) is 34.7 Å². The van der Waals surface area contributed by atoms with Gasteiger partial charge in [0.1, 0.15) is 0 Å². The number of guanidine groups is 1. The normalized spacial score (nSPS) is 11.4. The van der Waals surface area contributed by atoms with Gasteiger partial charge in [-0.05, 0) is 56.2 Å². The molecule has 30 heavy (non-hydrogen) atoms. The Morgan fingerprint density at radius 1 is 1.13 bits per heavy atom. The summed E-state index contributed by atoms with van der Waals surface area (Å²) in [6.07, 6.45) is 0. The summed E-state index contributed by atoms with van der Waals surface area (Å²) in [5.41, 5.74) is 4.97. The third kappa shape index (κ3) is 5.17. The van der Waals surface area contributed by atoms with Crippen LogP contribution in [0, 0.1) is 19.7 Å². The summed E-state index contributed by atoms with van der Waals surface area (Å²) in [4.78, 5) is 4.58. The minimum absolute atomic E-state index is 0.230. The third-order valence-corrected chi connectivity index (χ3v) is 4.66. The summed E-state index contributed by atoms with van der Waals surface area (Å²) in [5, 5.41) is 11.2. The molecule has 2 aromatic carbocycles. The van der Waals surface area contributed by atoms with Crippen molar-refractivity contribution < 1.29 is 9.13 Å². The van der Waals surface area contributed by atoms with E-state index in [1.807, 2.05) is 43.7 Å². The molecule has 0 aliphatic heterocycles. The molecule has 0 amide bonds. The molecular weight excluding hydrogens is 381 g/mol. The number of halogens is 1. The Morgan fingerprint density at radius 2 is 1.93 bits per heavy atom. The van der Waals surface area contributed by atoms with Crippen LogP contribution in [0.3, 0.4) is 0 Å². The van der Waals surface area contributed by atoms with Gasteiger partial charge < -0.3 is 15.4 Å². The van der Waals surface area contributed by atoms with Gasteiger partial charge in [-0.3, -0.25) is 0 Å². The topological polar surface area (TPSA) is 63.5 Å². The zero-order valence-electron chi connectivity index (χ0n) is 17.9. The van der Waals surface area contributed by atoms with Crippen molar-refractivity contribution in [3.63, 3.8) is 0 Å². The lowest BCUT2D eigenvalue weighted by Gasteiger charge is -2.15. The SMILES string of the molecule is CCNC(=NCc1ccc(OC)c(F)c1)NCc1ccccc1-n1nc(C)cc1C. The molecule has 0 aliphatic rings. The van der Waals surface area contributed by atoms with Crippen molar-refractivity contribution in [1.29, 1.82) is 0 Å². The van der Waals surface area contributed by atoms with E-state index >= 15 is 0 Å². The van der Waals surface area contributed by atoms with Gasteiger partial charge in [-0.1, -0.05) is 24.3 Å². The van der Waals surface area contributed by atoms with E-state index < -0.39 is 0 Å². The zero-order valence-corrected chi connectivity index (χ0v) is 17.9. The number of aryl methyl sites for hydroxylation is 2. The van der Waals surface area contributed by atoms with Crippen LogP contribution in [0.2, 0.25) is 0 Å². The molecule has 7 heteroatoms. The summed E-state index contributed by atoms with van der Waals surface area (Å²) in [6.45, 7) is 7.70. The minimum atomic E-state index is -0.387. The monoisotopic (exact) mass is 409 g/mol. The van der Waals surface area contributed by atoms with Gasteiger partial charge in [-0.2, -0.15) is 5.10 Å². The first-order chi connectivity index (χ1) is 14.5. The molecule has 0 atom stereocenters. The van der Waals surface area contributed by atoms with Crippen LogP contribution in [0.4, 0.5) is 4.39 Å². The Kier molecular flexibility index (Phi) is 7.06. The number of hydrogen-bond donors (Lipinski definition) is 2. The van der Waals surface area contributed by atoms with Gasteiger partial charge >= 0.3 is 0 Å². The van der Waals surface area contributed by atoms with Crippen LogP contribution in [-0.2, 0) is 13.1 Å². The van der Waals surface area contributed by atoms with E-state index in [1.54, 1.807) is 6.07 Å². The number of benzene rings is 2. The number of aliphatic imine (C=N–C) groups is 1. The number of nitrogens with zero attached hydrogens (tertiary/aromatic N) is 3. The lowest BCUT2D eigenvalue weighted by Crippen LogP contribution is -2.37. The highest BCUT2D eigenvalue weighted by atomic mass is 19.1. The Bertz CT molecular complexity index is 1030. The second kappa shape index (κ2) is 9.91. The number of methoxy groups -OCH3 is 1. The highest BCUT2D eigenvalue weighted by Crippen LogP contribution is 2.19. The van der Waals surface area contributed by atoms with Crippen molar-refractivity contribution >= 4 is 5.96 Å². The fourth-order valence-electron chi connectivity index (χ4n) is 3.24. The highest BCUT2D eigenvalue weighted by molar-refractivity contribution is 5.79. The summed E-state index contributed by atoms with van der Waals surface area (Å²) >= 11 is 0. The Hall–Kier alpha value is -3.35. The van der Waals surface area contributed by atoms with Crippen molar-refractivity contribution in [3.05, 3.63) is 76.9 Å². The first-order valence-corrected chi connectivity index (χ1v) is 9.98. The van der Waals surface area contributed by atoms with E-state index in [-0.39, 0.29) is 11.6 Å². The fraction of sp³-hybridized carbons (Fsp3) is 0.304. The van der Waals surface area contributed by atoms with Crippen molar-refractivity contribution in [3.8, 4) is 11.4 Å². The van der Waals surface area contributed by atoms with Gasteiger partial charge in [0.05, 0.1) is 25.0 Å². The number of ether oxygens (including phenoxy) is 1. The van der Waals surface area contributed by atoms with Crippen molar-refractivity contribution in [2.24, 2.45) is 4.99 Å². The van der Waals surface area contributed by atoms with Crippen LogP contribution in [-0.4, -0.2) is 29.4 Å². The Labute approximate surface area is 176 Å². The molecule has 158 valence electrons. The van der Waals surface area contributed by atoms with E-state index in [1.165, 1.54) is 13.2 Å². The summed E-state index contributed by atoms with van der Waals surface area (Å²) < 4.78 is 20.8. The quantitative estimate of drug-likeness (QED) is 0.459. The molecule has 1 aromatic heterocycles. The molecule has 0 saturated heterocycles. The third-order valence-electron chi connectivity index (χ3n) is 4.66. The maximum atomic E-state index is 13.9. The average Bonchev–Trinajstić information content (AvgIpc) is 3.08. The molecular formula is C23H28FN5O. The number of hydrogen-bond acceptors (Lipinski definition) is 3. The fourth-order valence-corrected chi connectivity index (χ4v) is 3.24. The van der Waals surface area contributed by atoms with Gasteiger partial charge in [0, 0.05) is 18.8 Å². The van der Waals surface area contributed by atoms with E-state index in [0.29, 0.717) is 19.0 Å². The Morgan fingerprint density at radius 3 is 2.60 bits per heavy atom. The van der Waals surface area contributed by atoms with Gasteiger partial charge in [-0.15, -0.1) is 0 Å². The standard InChI is InChI=1S/C23H28FN5O/c1-5-25-23(26-14-18-10-11-22(30-4)20(24)13-18)27-15-19-8-6-7-9-21(19)29-17(3)12-16(2)28-29/h6-13H,5,14-15H2,1-4H3,(H2,25,26,27). The van der Waals surface area contributed by atoms with E-state index in [9.17, 15) is 4.39 Å². The number of para-hydroxylation sites is 1. The van der Waals surface area contributed by atoms with Crippen LogP contribution >= 0.6 is 0 Å². The maximum Gasteiger partial charge on any atom is 0.191 e. The lowest BCUT2D eigenvalue weighted by atomic mass is 10.1. The number of aromatic nitrogens is 2. The van der Waals surface area contributed by atoms with E-state index in [4.69, 9.17) is 4.74 Å². The number of nitrogens with one attached hydrogen (secondary N) is 2. The van der Waals surface area contributed by atoms with Crippen LogP contribution in [0.15, 0.2) is 53.5 Å². The lowest BCUT2D eigenvalue weighted by molar-refractivity contribution is 0.386. The van der Waals surface area contributed by atoms with Gasteiger partial charge in [0.2, 0.25) is 0 Å². The predicted molar refractivity (Wildman–Crippen MR) is 118 cm³/mol. The molecule has 0 saturated carbocycles. The predicted octanol–water partition coefficient (Wildman–Crippen LogP) is 3.89. The maximum absolute atomic E-state index is 13.9. The largest absolute Gasteiger partial charge is 0.494 e. The Balaban J connectivity index is 1.74. The molecule has 2 N–H and O–H groups in total. The summed E-state index contributed by atoms with van der Waals surface area (Å²) in [5.74, 6) is 0.507. The first-order valence-electron chi connectivity index (χ1n) is 9.98. The van der Waals surface area contributed by atoms with Crippen LogP contribution in [0.1, 0.15) is 29.4 Å². The first kappa shape index (κ1) is 21.4. The van der Waals surface area contributed by atoms with Gasteiger partial charge in [0.15, 0.2) is 17.5 Å². The number of rotatable bonds is 7. The molecule has 6 nitrogen and oxygen atoms in total. The smallest absolute Gasteiger partial charge is 0.191 e. The molecule has 0 aliphatic carbocycles. The molecule has 0 fully saturated rings. The molecule has 0 bridgehead atoms. The average molecular weight is 410 g/mol. The summed E-state index contributed by atoms with van der Waals surface area (Å²) in [6, 6.07) is 15.1. The second-order valence-electron chi connectivity index (χ2n) is 6.99. The second-order valence-corrected chi connectivity index (χ2v) is 6.99.